The van der Waals surface area contributed by atoms with Crippen LogP contribution < -0.4 is 5.32 Å². The van der Waals surface area contributed by atoms with Crippen molar-refractivity contribution >= 4 is 23.2 Å². The fourth-order valence-corrected chi connectivity index (χ4v) is 5.11. The third-order valence-corrected chi connectivity index (χ3v) is 5.85. The zero-order valence-electron chi connectivity index (χ0n) is 12.1. The molecule has 20 heavy (non-hydrogen) atoms. The molecule has 0 unspecified atom stereocenters. The minimum Gasteiger partial charge on any atom is -0.316 e. The van der Waals surface area contributed by atoms with Crippen LogP contribution in [0.5, 0.6) is 0 Å². The molecule has 0 aliphatic heterocycles. The Balaban J connectivity index is 1.86. The maximum absolute atomic E-state index is 6.48. The summed E-state index contributed by atoms with van der Waals surface area (Å²) in [6.45, 7) is 4.28. The summed E-state index contributed by atoms with van der Waals surface area (Å²) in [5, 5.41) is 5.28. The van der Waals surface area contributed by atoms with E-state index in [-0.39, 0.29) is 5.41 Å². The maximum atomic E-state index is 6.48. The summed E-state index contributed by atoms with van der Waals surface area (Å²) in [6, 6.07) is 5.91. The summed E-state index contributed by atoms with van der Waals surface area (Å²) in [5.74, 6) is 0. The van der Waals surface area contributed by atoms with Crippen molar-refractivity contribution in [3.8, 4) is 0 Å². The highest BCUT2D eigenvalue weighted by Gasteiger charge is 2.58. The molecule has 0 bridgehead atoms. The molecule has 1 aromatic rings. The zero-order chi connectivity index (χ0) is 14.2. The molecule has 0 radical (unpaired) electrons. The molecule has 2 fully saturated rings. The third-order valence-electron chi connectivity index (χ3n) is 5.22. The first-order valence-corrected chi connectivity index (χ1v) is 8.52. The van der Waals surface area contributed by atoms with Gasteiger partial charge < -0.3 is 5.32 Å². The van der Waals surface area contributed by atoms with Crippen LogP contribution >= 0.6 is 23.2 Å². The molecule has 1 N–H and O–H groups in total. The first-order chi connectivity index (χ1) is 9.61. The van der Waals surface area contributed by atoms with Crippen molar-refractivity contribution in [3.63, 3.8) is 0 Å². The van der Waals surface area contributed by atoms with Crippen LogP contribution in [0.25, 0.3) is 0 Å². The molecular weight excluding hydrogens is 289 g/mol. The van der Waals surface area contributed by atoms with Gasteiger partial charge in [0.2, 0.25) is 0 Å². The molecule has 0 heterocycles. The lowest BCUT2D eigenvalue weighted by molar-refractivity contribution is -0.0480. The Hall–Kier alpha value is -0.240. The summed E-state index contributed by atoms with van der Waals surface area (Å²) >= 11 is 13.0. The number of hydrogen-bond donors (Lipinski definition) is 1. The molecule has 0 atom stereocenters. The molecule has 2 aliphatic rings. The molecule has 0 aromatic heterocycles. The van der Waals surface area contributed by atoms with E-state index in [0.29, 0.717) is 5.41 Å². The van der Waals surface area contributed by atoms with Crippen LogP contribution in [0.2, 0.25) is 10.0 Å². The number of rotatable bonds is 5. The normalized spacial score (nSPS) is 22.4. The van der Waals surface area contributed by atoms with Gasteiger partial charge in [0, 0.05) is 22.0 Å². The van der Waals surface area contributed by atoms with Crippen molar-refractivity contribution in [3.05, 3.63) is 33.8 Å². The highest BCUT2D eigenvalue weighted by molar-refractivity contribution is 6.36. The van der Waals surface area contributed by atoms with Gasteiger partial charge >= 0.3 is 0 Å². The Bertz CT molecular complexity index is 466. The lowest BCUT2D eigenvalue weighted by Gasteiger charge is -2.62. The quantitative estimate of drug-likeness (QED) is 0.737. The smallest absolute Gasteiger partial charge is 0.0459 e. The predicted octanol–water partition coefficient (Wildman–Crippen LogP) is 5.19. The van der Waals surface area contributed by atoms with Crippen molar-refractivity contribution in [1.29, 1.82) is 0 Å². The molecule has 2 aliphatic carbocycles. The van der Waals surface area contributed by atoms with Crippen LogP contribution in [-0.4, -0.2) is 13.1 Å². The molecule has 0 saturated heterocycles. The minimum atomic E-state index is 0.158. The predicted molar refractivity (Wildman–Crippen MR) is 86.8 cm³/mol. The van der Waals surface area contributed by atoms with Gasteiger partial charge in [0.15, 0.2) is 0 Å². The zero-order valence-corrected chi connectivity index (χ0v) is 13.7. The molecule has 110 valence electrons. The second kappa shape index (κ2) is 5.51. The van der Waals surface area contributed by atoms with Gasteiger partial charge in [0.1, 0.15) is 0 Å². The standard InChI is InChI=1S/C17H23Cl2N/c1-2-9-20-12-17(10-16(11-17)7-4-8-16)15-13(18)5-3-6-14(15)19/h3,5-6,20H,2,4,7-12H2,1H3. The van der Waals surface area contributed by atoms with E-state index in [2.05, 4.69) is 12.2 Å². The first-order valence-electron chi connectivity index (χ1n) is 7.76. The summed E-state index contributed by atoms with van der Waals surface area (Å²) in [6.07, 6.45) is 7.85. The maximum Gasteiger partial charge on any atom is 0.0459 e. The summed E-state index contributed by atoms with van der Waals surface area (Å²) in [4.78, 5) is 0. The largest absolute Gasteiger partial charge is 0.316 e. The van der Waals surface area contributed by atoms with E-state index in [1.165, 1.54) is 37.7 Å². The Morgan fingerprint density at radius 3 is 2.30 bits per heavy atom. The summed E-state index contributed by atoms with van der Waals surface area (Å²) < 4.78 is 0. The lowest BCUT2D eigenvalue weighted by atomic mass is 9.43. The van der Waals surface area contributed by atoms with E-state index < -0.39 is 0 Å². The molecule has 1 spiro atoms. The van der Waals surface area contributed by atoms with Crippen LogP contribution in [0.15, 0.2) is 18.2 Å². The average molecular weight is 312 g/mol. The van der Waals surface area contributed by atoms with Gasteiger partial charge in [-0.15, -0.1) is 0 Å². The van der Waals surface area contributed by atoms with E-state index in [9.17, 15) is 0 Å². The Kier molecular flexibility index (Phi) is 4.05. The van der Waals surface area contributed by atoms with Gasteiger partial charge in [-0.2, -0.15) is 0 Å². The molecule has 0 amide bonds. The molecule has 3 rings (SSSR count). The molecular formula is C17H23Cl2N. The summed E-state index contributed by atoms with van der Waals surface area (Å²) in [7, 11) is 0. The van der Waals surface area contributed by atoms with Gasteiger partial charge in [-0.25, -0.2) is 0 Å². The Morgan fingerprint density at radius 1 is 1.15 bits per heavy atom. The minimum absolute atomic E-state index is 0.158. The third kappa shape index (κ3) is 2.38. The van der Waals surface area contributed by atoms with E-state index >= 15 is 0 Å². The summed E-state index contributed by atoms with van der Waals surface area (Å²) in [5.41, 5.74) is 1.95. The number of hydrogen-bond acceptors (Lipinski definition) is 1. The van der Waals surface area contributed by atoms with Gasteiger partial charge in [0.05, 0.1) is 0 Å². The Labute approximate surface area is 132 Å². The molecule has 1 aromatic carbocycles. The fourth-order valence-electron chi connectivity index (χ4n) is 4.31. The van der Waals surface area contributed by atoms with E-state index in [1.807, 2.05) is 18.2 Å². The second-order valence-corrected chi connectivity index (χ2v) is 7.58. The van der Waals surface area contributed by atoms with E-state index in [1.54, 1.807) is 0 Å². The van der Waals surface area contributed by atoms with Gasteiger partial charge in [-0.1, -0.05) is 42.6 Å². The molecule has 2 saturated carbocycles. The van der Waals surface area contributed by atoms with Gasteiger partial charge in [-0.3, -0.25) is 0 Å². The van der Waals surface area contributed by atoms with Gasteiger partial charge in [0.25, 0.3) is 0 Å². The van der Waals surface area contributed by atoms with Crippen LogP contribution in [0.1, 0.15) is 51.0 Å². The van der Waals surface area contributed by atoms with Crippen LogP contribution in [0.3, 0.4) is 0 Å². The topological polar surface area (TPSA) is 12.0 Å². The first kappa shape index (κ1) is 14.7. The van der Waals surface area contributed by atoms with E-state index in [0.717, 1.165) is 29.6 Å². The highest BCUT2D eigenvalue weighted by Crippen LogP contribution is 2.66. The number of nitrogens with one attached hydrogen (secondary N) is 1. The Morgan fingerprint density at radius 2 is 1.80 bits per heavy atom. The fraction of sp³-hybridized carbons (Fsp3) is 0.647. The molecule has 3 heteroatoms. The van der Waals surface area contributed by atoms with Crippen molar-refractivity contribution in [2.24, 2.45) is 5.41 Å². The SMILES string of the molecule is CCCNCC1(c2c(Cl)cccc2Cl)CC2(CCC2)C1. The van der Waals surface area contributed by atoms with Crippen molar-refractivity contribution in [2.45, 2.75) is 50.9 Å². The van der Waals surface area contributed by atoms with Crippen LogP contribution in [-0.2, 0) is 5.41 Å². The second-order valence-electron chi connectivity index (χ2n) is 6.76. The van der Waals surface area contributed by atoms with Crippen molar-refractivity contribution < 1.29 is 0 Å². The van der Waals surface area contributed by atoms with E-state index in [4.69, 9.17) is 23.2 Å². The molecule has 1 nitrogen and oxygen atoms in total. The average Bonchev–Trinajstić information content (AvgIpc) is 2.31. The van der Waals surface area contributed by atoms with Crippen LogP contribution in [0.4, 0.5) is 0 Å². The van der Waals surface area contributed by atoms with Crippen LogP contribution in [0, 0.1) is 5.41 Å². The highest BCUT2D eigenvalue weighted by atomic mass is 35.5. The number of halogens is 2. The lowest BCUT2D eigenvalue weighted by Crippen LogP contribution is -2.57. The van der Waals surface area contributed by atoms with Crippen molar-refractivity contribution in [1.82, 2.24) is 5.32 Å². The van der Waals surface area contributed by atoms with Crippen molar-refractivity contribution in [2.75, 3.05) is 13.1 Å². The number of benzene rings is 1. The monoisotopic (exact) mass is 311 g/mol. The van der Waals surface area contributed by atoms with Gasteiger partial charge in [-0.05, 0) is 61.8 Å².